The van der Waals surface area contributed by atoms with Crippen LogP contribution in [0.4, 0.5) is 0 Å². The van der Waals surface area contributed by atoms with Crippen molar-refractivity contribution in [2.75, 3.05) is 32.3 Å². The third-order valence-corrected chi connectivity index (χ3v) is 4.14. The molecular formula is C15H29N2O5PS. The molecule has 0 aromatic rings. The van der Waals surface area contributed by atoms with E-state index in [9.17, 15) is 9.59 Å². The molecule has 0 rings (SSSR count). The lowest BCUT2D eigenvalue weighted by molar-refractivity contribution is -0.133. The summed E-state index contributed by atoms with van der Waals surface area (Å²) in [5.41, 5.74) is 0. The van der Waals surface area contributed by atoms with Gasteiger partial charge in [0.15, 0.2) is 9.03 Å². The van der Waals surface area contributed by atoms with Gasteiger partial charge in [-0.3, -0.25) is 14.5 Å². The molecule has 0 aliphatic heterocycles. The largest absolute Gasteiger partial charge is 0.356 e. The molecule has 1 unspecified atom stereocenters. The third kappa shape index (κ3) is 11.8. The van der Waals surface area contributed by atoms with Gasteiger partial charge in [-0.1, -0.05) is 13.3 Å². The topological polar surface area (TPSA) is 77.1 Å². The van der Waals surface area contributed by atoms with E-state index in [1.54, 1.807) is 18.7 Å². The fraction of sp³-hybridized carbons (Fsp3) is 0.733. The molecule has 24 heavy (non-hydrogen) atoms. The van der Waals surface area contributed by atoms with E-state index in [0.717, 1.165) is 18.6 Å². The number of rotatable bonds is 15. The van der Waals surface area contributed by atoms with Gasteiger partial charge in [0.1, 0.15) is 6.23 Å². The van der Waals surface area contributed by atoms with Crippen LogP contribution in [0, 0.1) is 0 Å². The van der Waals surface area contributed by atoms with Gasteiger partial charge in [-0.2, -0.15) is 11.8 Å². The van der Waals surface area contributed by atoms with Gasteiger partial charge in [0.2, 0.25) is 12.3 Å². The number of ether oxygens (including phenoxy) is 1. The van der Waals surface area contributed by atoms with Gasteiger partial charge in [-0.05, 0) is 19.6 Å². The molecular weight excluding hydrogens is 351 g/mol. The molecule has 0 aromatic heterocycles. The highest BCUT2D eigenvalue weighted by Gasteiger charge is 2.17. The van der Waals surface area contributed by atoms with E-state index >= 15 is 0 Å². The predicted molar refractivity (Wildman–Crippen MR) is 99.0 cm³/mol. The Kier molecular flexibility index (Phi) is 15.4. The van der Waals surface area contributed by atoms with Crippen molar-refractivity contribution in [1.82, 2.24) is 10.2 Å². The van der Waals surface area contributed by atoms with E-state index in [4.69, 9.17) is 13.8 Å². The fourth-order valence-corrected chi connectivity index (χ4v) is 2.60. The summed E-state index contributed by atoms with van der Waals surface area (Å²) in [4.78, 5) is 23.7. The van der Waals surface area contributed by atoms with Gasteiger partial charge in [0.25, 0.3) is 0 Å². The molecule has 0 bridgehead atoms. The number of thioether (sulfide) groups is 1. The highest BCUT2D eigenvalue weighted by Crippen LogP contribution is 2.17. The van der Waals surface area contributed by atoms with E-state index in [1.165, 1.54) is 24.2 Å². The SMILES string of the molecule is CCC[C@@H](COPOCCSC)O[C@H](C)N(C=O)/C=C\C(=O)NC. The fourth-order valence-electron chi connectivity index (χ4n) is 1.68. The summed E-state index contributed by atoms with van der Waals surface area (Å²) in [5.74, 6) is 0.653. The highest BCUT2D eigenvalue weighted by molar-refractivity contribution is 7.98. The minimum Gasteiger partial charge on any atom is -0.356 e. The van der Waals surface area contributed by atoms with Crippen LogP contribution in [0.5, 0.6) is 0 Å². The van der Waals surface area contributed by atoms with Crippen molar-refractivity contribution in [3.63, 3.8) is 0 Å². The van der Waals surface area contributed by atoms with Crippen molar-refractivity contribution in [2.24, 2.45) is 0 Å². The van der Waals surface area contributed by atoms with E-state index < -0.39 is 6.23 Å². The Hall–Kier alpha value is -0.660. The third-order valence-electron chi connectivity index (χ3n) is 2.96. The van der Waals surface area contributed by atoms with E-state index in [2.05, 4.69) is 12.2 Å². The second-order valence-electron chi connectivity index (χ2n) is 4.86. The molecule has 0 radical (unpaired) electrons. The Balaban J connectivity index is 4.32. The van der Waals surface area contributed by atoms with Crippen molar-refractivity contribution in [3.05, 3.63) is 12.3 Å². The van der Waals surface area contributed by atoms with Crippen LogP contribution in [0.1, 0.15) is 26.7 Å². The van der Waals surface area contributed by atoms with Gasteiger partial charge >= 0.3 is 0 Å². The molecule has 9 heteroatoms. The Morgan fingerprint density at radius 1 is 1.42 bits per heavy atom. The van der Waals surface area contributed by atoms with Crippen LogP contribution >= 0.6 is 20.8 Å². The Bertz CT molecular complexity index is 374. The summed E-state index contributed by atoms with van der Waals surface area (Å²) in [6.07, 6.45) is 6.44. The molecule has 0 fully saturated rings. The van der Waals surface area contributed by atoms with Crippen LogP contribution in [0.3, 0.4) is 0 Å². The van der Waals surface area contributed by atoms with Gasteiger partial charge in [0, 0.05) is 25.1 Å². The molecule has 7 nitrogen and oxygen atoms in total. The second kappa shape index (κ2) is 15.8. The average Bonchev–Trinajstić information content (AvgIpc) is 2.58. The molecule has 0 heterocycles. The summed E-state index contributed by atoms with van der Waals surface area (Å²) in [7, 11) is 1.51. The van der Waals surface area contributed by atoms with Gasteiger partial charge in [-0.15, -0.1) is 0 Å². The number of hydrogen-bond acceptors (Lipinski definition) is 6. The lowest BCUT2D eigenvalue weighted by Gasteiger charge is -2.27. The number of nitrogens with zero attached hydrogens (tertiary/aromatic N) is 1. The molecule has 0 aromatic carbocycles. The highest BCUT2D eigenvalue weighted by atomic mass is 32.2. The van der Waals surface area contributed by atoms with Crippen molar-refractivity contribution < 1.29 is 23.4 Å². The number of hydrogen-bond donors (Lipinski definition) is 1. The van der Waals surface area contributed by atoms with Crippen molar-refractivity contribution in [1.29, 1.82) is 0 Å². The zero-order valence-corrected chi connectivity index (χ0v) is 16.6. The summed E-state index contributed by atoms with van der Waals surface area (Å²) >= 11 is 1.72. The van der Waals surface area contributed by atoms with Gasteiger partial charge in [0.05, 0.1) is 19.3 Å². The van der Waals surface area contributed by atoms with Gasteiger partial charge in [-0.25, -0.2) is 0 Å². The number of carbonyl (C=O) groups excluding carboxylic acids is 2. The first kappa shape index (κ1) is 23.3. The zero-order valence-electron chi connectivity index (χ0n) is 14.8. The maximum absolute atomic E-state index is 11.2. The number of likely N-dealkylation sites (N-methyl/N-ethyl adjacent to an activating group) is 1. The monoisotopic (exact) mass is 380 g/mol. The van der Waals surface area contributed by atoms with Crippen LogP contribution in [0.15, 0.2) is 12.3 Å². The maximum Gasteiger partial charge on any atom is 0.245 e. The second-order valence-corrected chi connectivity index (χ2v) is 6.59. The first-order valence-electron chi connectivity index (χ1n) is 7.84. The first-order chi connectivity index (χ1) is 11.6. The number of carbonyl (C=O) groups is 2. The van der Waals surface area contributed by atoms with Crippen LogP contribution in [-0.2, 0) is 23.4 Å². The number of nitrogens with one attached hydrogen (secondary N) is 1. The molecule has 0 saturated carbocycles. The van der Waals surface area contributed by atoms with Crippen molar-refractivity contribution in [3.8, 4) is 0 Å². The minimum absolute atomic E-state index is 0.0159. The first-order valence-corrected chi connectivity index (χ1v) is 10.1. The normalized spacial score (nSPS) is 14.2. The van der Waals surface area contributed by atoms with E-state index in [0.29, 0.717) is 19.6 Å². The lowest BCUT2D eigenvalue weighted by Crippen LogP contribution is -2.35. The summed E-state index contributed by atoms with van der Waals surface area (Å²) in [6, 6.07) is 0. The lowest BCUT2D eigenvalue weighted by atomic mass is 10.2. The average molecular weight is 380 g/mol. The zero-order chi connectivity index (χ0) is 18.2. The summed E-state index contributed by atoms with van der Waals surface area (Å²) in [5, 5.41) is 2.45. The standard InChI is InChI=1S/C15H29N2O5PS/c1-5-6-14(11-21-23-20-9-10-24-4)22-13(2)17(12-18)8-7-15(19)16-3/h7-8,12-14,23H,5-6,9-11H2,1-4H3,(H,16,19)/b8-7-/t13-,14+/m1/s1. The molecule has 0 spiro atoms. The Morgan fingerprint density at radius 3 is 2.75 bits per heavy atom. The van der Waals surface area contributed by atoms with Crippen LogP contribution in [0.2, 0.25) is 0 Å². The van der Waals surface area contributed by atoms with Crippen LogP contribution in [0.25, 0.3) is 0 Å². The predicted octanol–water partition coefficient (Wildman–Crippen LogP) is 2.14. The summed E-state index contributed by atoms with van der Waals surface area (Å²) < 4.78 is 16.7. The molecule has 0 aliphatic rings. The Morgan fingerprint density at radius 2 is 2.17 bits per heavy atom. The molecule has 0 aliphatic carbocycles. The van der Waals surface area contributed by atoms with Gasteiger partial charge < -0.3 is 19.1 Å². The summed E-state index contributed by atoms with van der Waals surface area (Å²) in [6.45, 7) is 4.88. The molecule has 140 valence electrons. The quantitative estimate of drug-likeness (QED) is 0.154. The van der Waals surface area contributed by atoms with Crippen molar-refractivity contribution >= 4 is 33.1 Å². The van der Waals surface area contributed by atoms with E-state index in [1.807, 2.05) is 6.26 Å². The molecule has 0 saturated heterocycles. The van der Waals surface area contributed by atoms with E-state index in [-0.39, 0.29) is 21.0 Å². The molecule has 1 N–H and O–H groups in total. The Labute approximate surface area is 150 Å². The minimum atomic E-state index is -0.496. The molecule has 2 amide bonds. The molecule has 3 atom stereocenters. The maximum atomic E-state index is 11.2. The number of amides is 2. The van der Waals surface area contributed by atoms with Crippen molar-refractivity contribution in [2.45, 2.75) is 39.0 Å². The smallest absolute Gasteiger partial charge is 0.245 e. The van der Waals surface area contributed by atoms with Crippen LogP contribution in [-0.4, -0.2) is 61.8 Å². The van der Waals surface area contributed by atoms with Crippen LogP contribution < -0.4 is 5.32 Å².